The molecule has 0 saturated heterocycles. The summed E-state index contributed by atoms with van der Waals surface area (Å²) in [6, 6.07) is 1.49. The molecule has 7 heteroatoms. The highest BCUT2D eigenvalue weighted by Crippen LogP contribution is 2.22. The van der Waals surface area contributed by atoms with Crippen LogP contribution in [-0.2, 0) is 9.59 Å². The fraction of sp³-hybridized carbons (Fsp3) is 0.222. The number of hydrogen-bond acceptors (Lipinski definition) is 5. The molecule has 0 aromatic carbocycles. The summed E-state index contributed by atoms with van der Waals surface area (Å²) in [6.45, 7) is 0. The number of carboxylic acid groups (broad SMARTS) is 1. The number of aliphatic carboxylic acids is 1. The normalized spacial score (nSPS) is 9.75. The van der Waals surface area contributed by atoms with Gasteiger partial charge in [-0.2, -0.15) is 0 Å². The molecule has 0 saturated carbocycles. The van der Waals surface area contributed by atoms with Gasteiger partial charge in [-0.05, 0) is 17.9 Å². The predicted octanol–water partition coefficient (Wildman–Crippen LogP) is -0.684. The Morgan fingerprint density at radius 2 is 2.06 bits per heavy atom. The van der Waals surface area contributed by atoms with Crippen molar-refractivity contribution in [2.45, 2.75) is 12.8 Å². The second-order valence-corrected chi connectivity index (χ2v) is 3.86. The third kappa shape index (κ3) is 3.35. The van der Waals surface area contributed by atoms with Gasteiger partial charge >= 0.3 is 0 Å². The number of carboxylic acids is 1. The van der Waals surface area contributed by atoms with Crippen LogP contribution in [0, 0.1) is 0 Å². The average molecular weight is 241 g/mol. The summed E-state index contributed by atoms with van der Waals surface area (Å²) in [7, 11) is 0. The quantitative estimate of drug-likeness (QED) is 0.710. The molecule has 1 aromatic heterocycles. The Bertz CT molecular complexity index is 427. The summed E-state index contributed by atoms with van der Waals surface area (Å²) in [5, 5.41) is 14.5. The number of nitrogens with two attached hydrogens (primary N) is 1. The lowest BCUT2D eigenvalue weighted by molar-refractivity contribution is -0.305. The van der Waals surface area contributed by atoms with E-state index in [0.717, 1.165) is 11.3 Å². The van der Waals surface area contributed by atoms with Gasteiger partial charge in [0.1, 0.15) is 5.00 Å². The van der Waals surface area contributed by atoms with E-state index in [1.807, 2.05) is 0 Å². The van der Waals surface area contributed by atoms with Crippen LogP contribution in [-0.4, -0.2) is 17.8 Å². The molecule has 0 radical (unpaired) electrons. The fourth-order valence-electron chi connectivity index (χ4n) is 1.00. The van der Waals surface area contributed by atoms with Crippen LogP contribution in [0.2, 0.25) is 0 Å². The van der Waals surface area contributed by atoms with Crippen molar-refractivity contribution in [1.29, 1.82) is 0 Å². The van der Waals surface area contributed by atoms with E-state index in [1.165, 1.54) is 6.07 Å². The number of hydrogen-bond donors (Lipinski definition) is 2. The number of carbonyl (C=O) groups is 3. The van der Waals surface area contributed by atoms with Crippen LogP contribution in [0.25, 0.3) is 0 Å². The number of rotatable bonds is 5. The van der Waals surface area contributed by atoms with E-state index in [4.69, 9.17) is 5.73 Å². The minimum absolute atomic E-state index is 0.196. The van der Waals surface area contributed by atoms with E-state index in [9.17, 15) is 19.5 Å². The molecule has 16 heavy (non-hydrogen) atoms. The summed E-state index contributed by atoms with van der Waals surface area (Å²) < 4.78 is 0. The van der Waals surface area contributed by atoms with E-state index >= 15 is 0 Å². The van der Waals surface area contributed by atoms with Crippen molar-refractivity contribution < 1.29 is 19.5 Å². The molecule has 0 aliphatic rings. The summed E-state index contributed by atoms with van der Waals surface area (Å²) in [6.07, 6.45) is -0.554. The van der Waals surface area contributed by atoms with E-state index in [-0.39, 0.29) is 18.4 Å². The highest BCUT2D eigenvalue weighted by atomic mass is 32.1. The van der Waals surface area contributed by atoms with Gasteiger partial charge in [0, 0.05) is 12.4 Å². The molecule has 0 atom stereocenters. The van der Waals surface area contributed by atoms with Gasteiger partial charge in [-0.1, -0.05) is 0 Å². The van der Waals surface area contributed by atoms with Crippen LogP contribution in [0.3, 0.4) is 0 Å². The molecule has 1 rings (SSSR count). The number of nitrogens with one attached hydrogen (secondary N) is 1. The number of anilines is 1. The molecule has 0 spiro atoms. The lowest BCUT2D eigenvalue weighted by atomic mass is 10.3. The van der Waals surface area contributed by atoms with Crippen LogP contribution in [0.1, 0.15) is 23.2 Å². The standard InChI is InChI=1S/C9H10N2O4S/c10-8(15)5-3-4-16-9(5)11-6(12)1-2-7(13)14/h3-4H,1-2H2,(H2,10,15)(H,11,12)(H,13,14)/p-1. The molecule has 1 heterocycles. The first kappa shape index (κ1) is 12.2. The SMILES string of the molecule is NC(=O)c1ccsc1NC(=O)CCC(=O)[O-]. The molecule has 6 nitrogen and oxygen atoms in total. The molecule has 0 aliphatic carbocycles. The maximum absolute atomic E-state index is 11.2. The first-order chi connectivity index (χ1) is 7.50. The summed E-state index contributed by atoms with van der Waals surface area (Å²) in [5.41, 5.74) is 5.28. The first-order valence-electron chi connectivity index (χ1n) is 4.37. The zero-order valence-corrected chi connectivity index (χ0v) is 9.00. The van der Waals surface area contributed by atoms with Gasteiger partial charge in [0.2, 0.25) is 5.91 Å². The Morgan fingerprint density at radius 1 is 1.38 bits per heavy atom. The zero-order chi connectivity index (χ0) is 12.1. The Kier molecular flexibility index (Phi) is 4.01. The minimum atomic E-state index is -1.29. The van der Waals surface area contributed by atoms with Crippen molar-refractivity contribution in [3.05, 3.63) is 17.0 Å². The molecule has 1 aromatic rings. The Morgan fingerprint density at radius 3 is 2.62 bits per heavy atom. The Labute approximate surface area is 95.1 Å². The van der Waals surface area contributed by atoms with Crippen LogP contribution < -0.4 is 16.2 Å². The van der Waals surface area contributed by atoms with Crippen LogP contribution in [0.15, 0.2) is 11.4 Å². The van der Waals surface area contributed by atoms with E-state index in [0.29, 0.717) is 5.00 Å². The highest BCUT2D eigenvalue weighted by Gasteiger charge is 2.11. The maximum Gasteiger partial charge on any atom is 0.251 e. The number of primary amides is 1. The second kappa shape index (κ2) is 5.26. The molecular formula is C9H9N2O4S-. The van der Waals surface area contributed by atoms with E-state index < -0.39 is 17.8 Å². The Hall–Kier alpha value is -1.89. The van der Waals surface area contributed by atoms with E-state index in [1.54, 1.807) is 5.38 Å². The van der Waals surface area contributed by atoms with Crippen molar-refractivity contribution in [3.8, 4) is 0 Å². The molecule has 3 N–H and O–H groups in total. The van der Waals surface area contributed by atoms with Gasteiger partial charge in [-0.25, -0.2) is 0 Å². The van der Waals surface area contributed by atoms with Crippen LogP contribution in [0.4, 0.5) is 5.00 Å². The lowest BCUT2D eigenvalue weighted by Gasteiger charge is -2.04. The minimum Gasteiger partial charge on any atom is -0.550 e. The smallest absolute Gasteiger partial charge is 0.251 e. The molecule has 0 bridgehead atoms. The highest BCUT2D eigenvalue weighted by molar-refractivity contribution is 7.14. The van der Waals surface area contributed by atoms with Gasteiger partial charge in [-0.15, -0.1) is 11.3 Å². The molecule has 86 valence electrons. The second-order valence-electron chi connectivity index (χ2n) is 2.95. The number of carbonyl (C=O) groups excluding carboxylic acids is 3. The predicted molar refractivity (Wildman–Crippen MR) is 55.7 cm³/mol. The third-order valence-corrected chi connectivity index (χ3v) is 2.57. The van der Waals surface area contributed by atoms with Crippen molar-refractivity contribution in [1.82, 2.24) is 0 Å². The van der Waals surface area contributed by atoms with Gasteiger partial charge in [-0.3, -0.25) is 9.59 Å². The van der Waals surface area contributed by atoms with Gasteiger partial charge < -0.3 is 21.0 Å². The first-order valence-corrected chi connectivity index (χ1v) is 5.25. The fourth-order valence-corrected chi connectivity index (χ4v) is 1.81. The number of amides is 2. The molecule has 0 unspecified atom stereocenters. The van der Waals surface area contributed by atoms with E-state index in [2.05, 4.69) is 5.32 Å². The zero-order valence-electron chi connectivity index (χ0n) is 8.19. The van der Waals surface area contributed by atoms with Crippen molar-refractivity contribution in [3.63, 3.8) is 0 Å². The molecule has 2 amide bonds. The summed E-state index contributed by atoms with van der Waals surface area (Å²) >= 11 is 1.14. The largest absolute Gasteiger partial charge is 0.550 e. The lowest BCUT2D eigenvalue weighted by Crippen LogP contribution is -2.24. The maximum atomic E-state index is 11.2. The van der Waals surface area contributed by atoms with Gasteiger partial charge in [0.05, 0.1) is 5.56 Å². The third-order valence-electron chi connectivity index (χ3n) is 1.74. The van der Waals surface area contributed by atoms with Crippen LogP contribution in [0.5, 0.6) is 0 Å². The Balaban J connectivity index is 2.59. The van der Waals surface area contributed by atoms with Crippen molar-refractivity contribution >= 4 is 34.1 Å². The van der Waals surface area contributed by atoms with Crippen molar-refractivity contribution in [2.24, 2.45) is 5.73 Å². The van der Waals surface area contributed by atoms with Gasteiger partial charge in [0.15, 0.2) is 0 Å². The molecule has 0 fully saturated rings. The summed E-state index contributed by atoms with van der Waals surface area (Å²) in [5.74, 6) is -2.43. The molecule has 0 aliphatic heterocycles. The topological polar surface area (TPSA) is 112 Å². The monoisotopic (exact) mass is 241 g/mol. The van der Waals surface area contributed by atoms with Gasteiger partial charge in [0.25, 0.3) is 5.91 Å². The number of thiophene rings is 1. The van der Waals surface area contributed by atoms with Crippen LogP contribution >= 0.6 is 11.3 Å². The van der Waals surface area contributed by atoms with Crippen molar-refractivity contribution in [2.75, 3.05) is 5.32 Å². The molecular weight excluding hydrogens is 232 g/mol. The average Bonchev–Trinajstić information content (AvgIpc) is 2.62. The summed E-state index contributed by atoms with van der Waals surface area (Å²) in [4.78, 5) is 32.3.